The summed E-state index contributed by atoms with van der Waals surface area (Å²) in [6.07, 6.45) is 17.0. The van der Waals surface area contributed by atoms with Gasteiger partial charge in [-0.15, -0.1) is 0 Å². The highest BCUT2D eigenvalue weighted by molar-refractivity contribution is 8.15. The molecule has 5 saturated heterocycles. The van der Waals surface area contributed by atoms with Crippen molar-refractivity contribution >= 4 is 97.0 Å². The lowest BCUT2D eigenvalue weighted by Crippen LogP contribution is -2.40. The highest BCUT2D eigenvalue weighted by Crippen LogP contribution is 2.42. The number of nitrogens with zero attached hydrogens (tertiary/aromatic N) is 6. The van der Waals surface area contributed by atoms with Crippen LogP contribution in [0.15, 0.2) is 243 Å². The molecule has 0 spiro atoms. The van der Waals surface area contributed by atoms with E-state index in [1.165, 1.54) is 215 Å². The Kier molecular flexibility index (Phi) is 43.5. The summed E-state index contributed by atoms with van der Waals surface area (Å²) >= 11 is 12.1. The minimum absolute atomic E-state index is 0.158. The summed E-state index contributed by atoms with van der Waals surface area (Å²) < 4.78 is 0. The van der Waals surface area contributed by atoms with E-state index in [4.69, 9.17) is 12.6 Å². The zero-order valence-electron chi connectivity index (χ0n) is 71.0. The predicted molar refractivity (Wildman–Crippen MR) is 504 cm³/mol. The third-order valence-corrected chi connectivity index (χ3v) is 30.2. The second-order valence-corrected chi connectivity index (χ2v) is 38.3. The normalized spacial score (nSPS) is 18.6. The average Bonchev–Trinajstić information content (AvgIpc) is 1.23. The minimum Gasteiger partial charge on any atom is -0.305 e. The lowest BCUT2D eigenvalue weighted by atomic mass is 10.0. The fourth-order valence-corrected chi connectivity index (χ4v) is 21.8. The summed E-state index contributed by atoms with van der Waals surface area (Å²) in [4.78, 5) is 74.6. The van der Waals surface area contributed by atoms with Crippen LogP contribution in [-0.4, -0.2) is 171 Å². The van der Waals surface area contributed by atoms with E-state index in [0.29, 0.717) is 41.5 Å². The Hall–Kier alpha value is -6.03. The van der Waals surface area contributed by atoms with E-state index in [0.717, 1.165) is 37.3 Å². The van der Waals surface area contributed by atoms with E-state index in [9.17, 15) is 24.0 Å². The number of thioether (sulfide) groups is 5. The maximum atomic E-state index is 12.8. The second-order valence-electron chi connectivity index (χ2n) is 31.6. The number of benzene rings is 8. The van der Waals surface area contributed by atoms with Crippen LogP contribution in [0.2, 0.25) is 0 Å². The van der Waals surface area contributed by atoms with Crippen LogP contribution < -0.4 is 0 Å². The topological polar surface area (TPSA) is 105 Å². The molecule has 0 amide bonds. The van der Waals surface area contributed by atoms with Crippen molar-refractivity contribution in [2.24, 2.45) is 0 Å². The Morgan fingerprint density at radius 3 is 0.690 bits per heavy atom. The van der Waals surface area contributed by atoms with Crippen LogP contribution in [0.25, 0.3) is 0 Å². The van der Waals surface area contributed by atoms with Gasteiger partial charge in [0.15, 0.2) is 15.3 Å². The van der Waals surface area contributed by atoms with Crippen molar-refractivity contribution in [3.63, 3.8) is 0 Å². The van der Waals surface area contributed by atoms with Crippen LogP contribution in [-0.2, 0) is 14.4 Å². The zero-order chi connectivity index (χ0) is 83.0. The quantitative estimate of drug-likeness (QED) is 0.0549. The molecule has 0 radical (unpaired) electrons. The van der Waals surface area contributed by atoms with Crippen LogP contribution in [0.4, 0.5) is 0 Å². The van der Waals surface area contributed by atoms with Crippen LogP contribution >= 0.6 is 71.4 Å². The molecule has 0 bridgehead atoms. The number of carbonyl (C=O) groups excluding carboxylic acids is 5. The van der Waals surface area contributed by atoms with Crippen molar-refractivity contribution in [2.75, 3.05) is 79.5 Å². The van der Waals surface area contributed by atoms with E-state index < -0.39 is 0 Å². The van der Waals surface area contributed by atoms with Gasteiger partial charge in [0.2, 0.25) is 10.2 Å². The summed E-state index contributed by atoms with van der Waals surface area (Å²) in [6.45, 7) is 30.2. The molecular weight excluding hydrogens is 1550 g/mol. The fraction of sp³-hybridized carbons (Fsp3) is 0.465. The first-order valence-corrected chi connectivity index (χ1v) is 47.5. The summed E-state index contributed by atoms with van der Waals surface area (Å²) in [5.74, 6) is 0. The standard InChI is InChI=1S/C21H25NOS.C20H23NOS.C16H23NOS.C15H21NOS.C14H21NS.C13H19NOS/c1-17(22-15-9-4-10-16-22)20(18-11-5-2-6-12-18)24-21(23)19-13-7-3-8-14-19;1-16(21-14-8-9-15-21)19(17-10-4-2-5-11-17)23-20(22)18-12-6-3-7-13-18;1-13(17-11-7-4-8-12-17)16(19-14(2)18)15-9-5-3-6-10-15;1-12(16-10-6-7-11-16)15(18-13(2)17)14-8-4-3-5-9-14;1-12(15-10-6-3-7-11-15)14(16)13-8-4-2-5-9-13;1-10(14(3)4)13(16-11(2)15)12-8-6-5-7-9-12/h2-3,5-8,11-14,17,20H,4,9-10,15-16H2,1H3;2-7,10-13,16,19H,8-9,14-15H2,1H3;3,5-6,9-10,13,16H,4,7-8,11-12H2,1-2H3;3-5,8-9,12,15H,6-7,10-11H2,1-2H3;2,4-5,8-9,12,14,16H,3,6-7,10-11H2,1H3;5-10,13H,1-4H3/t17-,20-;16-,19-;13-,16-;12-,15-;12-,14-;10-,13-/m111111/s1. The molecule has 624 valence electrons. The van der Waals surface area contributed by atoms with Crippen molar-refractivity contribution in [3.8, 4) is 0 Å². The monoisotopic (exact) mass is 1680 g/mol. The van der Waals surface area contributed by atoms with Crippen molar-refractivity contribution < 1.29 is 24.0 Å². The first-order valence-electron chi connectivity index (χ1n) is 42.6. The van der Waals surface area contributed by atoms with Gasteiger partial charge in [-0.2, -0.15) is 12.6 Å². The summed E-state index contributed by atoms with van der Waals surface area (Å²) in [5, 5.41) is 2.26. The van der Waals surface area contributed by atoms with Crippen molar-refractivity contribution in [1.29, 1.82) is 0 Å². The Labute approximate surface area is 725 Å². The molecule has 5 heterocycles. The number of piperidine rings is 3. The third-order valence-electron chi connectivity index (χ3n) is 22.9. The molecule has 5 fully saturated rings. The average molecular weight is 1680 g/mol. The van der Waals surface area contributed by atoms with Gasteiger partial charge >= 0.3 is 0 Å². The molecule has 8 aromatic rings. The first kappa shape index (κ1) is 95.4. The first-order chi connectivity index (χ1) is 56.2. The maximum absolute atomic E-state index is 12.8. The molecule has 5 aliphatic heterocycles. The van der Waals surface area contributed by atoms with Gasteiger partial charge in [0.05, 0.1) is 26.2 Å². The molecule has 116 heavy (non-hydrogen) atoms. The van der Waals surface area contributed by atoms with E-state index in [-0.39, 0.29) is 51.8 Å². The number of likely N-dealkylation sites (tertiary alicyclic amines) is 5. The Balaban J connectivity index is 0.000000175. The lowest BCUT2D eigenvalue weighted by Gasteiger charge is -2.36. The Morgan fingerprint density at radius 1 is 0.267 bits per heavy atom. The molecule has 0 unspecified atom stereocenters. The van der Waals surface area contributed by atoms with E-state index >= 15 is 0 Å². The number of hydrogen-bond acceptors (Lipinski definition) is 17. The molecule has 8 aromatic carbocycles. The number of likely N-dealkylation sites (N-methyl/N-ethyl adjacent to an activating group) is 1. The molecule has 11 nitrogen and oxygen atoms in total. The molecule has 5 aliphatic rings. The number of carbonyl (C=O) groups is 5. The molecule has 13 rings (SSSR count). The largest absolute Gasteiger partial charge is 0.305 e. The lowest BCUT2D eigenvalue weighted by molar-refractivity contribution is -0.110. The molecule has 0 aliphatic carbocycles. The summed E-state index contributed by atoms with van der Waals surface area (Å²) in [5.41, 5.74) is 9.12. The molecule has 12 atom stereocenters. The molecule has 0 aromatic heterocycles. The van der Waals surface area contributed by atoms with Crippen molar-refractivity contribution in [1.82, 2.24) is 29.4 Å². The molecule has 17 heteroatoms. The highest BCUT2D eigenvalue weighted by Gasteiger charge is 2.34. The zero-order valence-corrected chi connectivity index (χ0v) is 76.0. The third kappa shape index (κ3) is 32.2. The highest BCUT2D eigenvalue weighted by atomic mass is 32.2. The van der Waals surface area contributed by atoms with Crippen molar-refractivity contribution in [2.45, 2.75) is 214 Å². The molecular formula is C99H132N6O5S6. The molecule has 0 N–H and O–H groups in total. The van der Waals surface area contributed by atoms with Gasteiger partial charge in [0, 0.05) is 73.4 Å². The van der Waals surface area contributed by atoms with Gasteiger partial charge in [-0.1, -0.05) is 321 Å². The van der Waals surface area contributed by atoms with Gasteiger partial charge < -0.3 is 4.90 Å². The second kappa shape index (κ2) is 52.9. The van der Waals surface area contributed by atoms with E-state index in [2.05, 4.69) is 210 Å². The maximum Gasteiger partial charge on any atom is 0.220 e. The van der Waals surface area contributed by atoms with Gasteiger partial charge in [-0.05, 0) is 219 Å². The van der Waals surface area contributed by atoms with Gasteiger partial charge in [0.25, 0.3) is 0 Å². The summed E-state index contributed by atoms with van der Waals surface area (Å²) in [7, 11) is 4.09. The van der Waals surface area contributed by atoms with E-state index in [1.807, 2.05) is 117 Å². The van der Waals surface area contributed by atoms with Gasteiger partial charge in [-0.3, -0.25) is 48.5 Å². The van der Waals surface area contributed by atoms with Crippen LogP contribution in [0.1, 0.15) is 231 Å². The summed E-state index contributed by atoms with van der Waals surface area (Å²) in [6, 6.07) is 84.2. The van der Waals surface area contributed by atoms with Crippen LogP contribution in [0, 0.1) is 0 Å². The Morgan fingerprint density at radius 2 is 0.457 bits per heavy atom. The van der Waals surface area contributed by atoms with Crippen LogP contribution in [0.5, 0.6) is 0 Å². The smallest absolute Gasteiger partial charge is 0.220 e. The fourth-order valence-electron chi connectivity index (χ4n) is 15.9. The van der Waals surface area contributed by atoms with Gasteiger partial charge in [0.1, 0.15) is 0 Å². The van der Waals surface area contributed by atoms with Gasteiger partial charge in [-0.25, -0.2) is 0 Å². The Bertz CT molecular complexity index is 4030. The predicted octanol–water partition coefficient (Wildman–Crippen LogP) is 23.8. The number of hydrogen-bond donors (Lipinski definition) is 1. The number of rotatable bonds is 25. The van der Waals surface area contributed by atoms with Crippen molar-refractivity contribution in [3.05, 3.63) is 287 Å². The van der Waals surface area contributed by atoms with Crippen LogP contribution in [0.3, 0.4) is 0 Å². The molecule has 0 saturated carbocycles. The van der Waals surface area contributed by atoms with E-state index in [1.54, 1.807) is 20.8 Å². The number of thiol groups is 1. The SMILES string of the molecule is CC(=O)S[C@@H](c1ccccc1)[C@@H](C)N(C)C.CC(=O)S[C@@H](c1ccccc1)[C@@H](C)N1CCCC1.CC(=O)S[C@@H](c1ccccc1)[C@@H](C)N1CCCCC1.C[C@H]([C@@H](S)c1ccccc1)N1CCCCC1.C[C@H]([C@@H](SC(=O)c1ccccc1)c1ccccc1)N1CCCC1.C[C@H]([C@@H](SC(=O)c1ccccc1)c1ccccc1)N1CCCCC1. The minimum atomic E-state index is 0.158.